The average Bonchev–Trinajstić information content (AvgIpc) is 2.94. The van der Waals surface area contributed by atoms with Crippen molar-refractivity contribution in [2.45, 2.75) is 18.9 Å². The highest BCUT2D eigenvalue weighted by Crippen LogP contribution is 2.30. The zero-order chi connectivity index (χ0) is 27.1. The van der Waals surface area contributed by atoms with Gasteiger partial charge in [0.2, 0.25) is 5.91 Å². The monoisotopic (exact) mass is 534 g/mol. The van der Waals surface area contributed by atoms with E-state index in [4.69, 9.17) is 11.6 Å². The fraction of sp³-hybridized carbons (Fsp3) is 0.138. The Morgan fingerprint density at radius 1 is 1.18 bits per heavy atom. The van der Waals surface area contributed by atoms with Crippen molar-refractivity contribution in [3.8, 4) is 11.1 Å². The van der Waals surface area contributed by atoms with Gasteiger partial charge < -0.3 is 15.7 Å². The average molecular weight is 535 g/mol. The number of carbonyl (C=O) groups is 1. The van der Waals surface area contributed by atoms with Crippen LogP contribution >= 0.6 is 11.6 Å². The Morgan fingerprint density at radius 3 is 2.66 bits per heavy atom. The molecule has 0 aliphatic carbocycles. The first-order valence-corrected chi connectivity index (χ1v) is 12.2. The number of aliphatic hydroxyl groups excluding tert-OH is 1. The lowest BCUT2D eigenvalue weighted by atomic mass is 9.96. The van der Waals surface area contributed by atoms with Crippen molar-refractivity contribution >= 4 is 17.5 Å². The quantitative estimate of drug-likeness (QED) is 0.351. The van der Waals surface area contributed by atoms with Crippen LogP contribution < -0.4 is 10.6 Å². The van der Waals surface area contributed by atoms with Gasteiger partial charge in [-0.15, -0.1) is 0 Å². The highest BCUT2D eigenvalue weighted by Gasteiger charge is 2.23. The first-order valence-electron chi connectivity index (χ1n) is 11.8. The molecule has 38 heavy (non-hydrogen) atoms. The summed E-state index contributed by atoms with van der Waals surface area (Å²) in [6, 6.07) is 9.54. The van der Waals surface area contributed by atoms with Gasteiger partial charge >= 0.3 is 0 Å². The molecule has 1 aliphatic heterocycles. The number of allylic oxidation sites excluding steroid dienone is 3. The lowest BCUT2D eigenvalue weighted by molar-refractivity contribution is -0.121. The molecule has 0 unspecified atom stereocenters. The van der Waals surface area contributed by atoms with Crippen LogP contribution in [0.1, 0.15) is 23.7 Å². The summed E-state index contributed by atoms with van der Waals surface area (Å²) in [7, 11) is 0. The highest BCUT2D eigenvalue weighted by molar-refractivity contribution is 6.30. The Bertz CT molecular complexity index is 1410. The van der Waals surface area contributed by atoms with E-state index in [9.17, 15) is 18.7 Å². The summed E-state index contributed by atoms with van der Waals surface area (Å²) in [6.45, 7) is 4.41. The van der Waals surface area contributed by atoms with Crippen LogP contribution in [0.2, 0.25) is 5.02 Å². The molecular weight excluding hydrogens is 510 g/mol. The molecule has 0 radical (unpaired) electrons. The Labute approximate surface area is 224 Å². The first kappa shape index (κ1) is 26.8. The molecule has 9 heteroatoms. The number of aromatic nitrogens is 2. The van der Waals surface area contributed by atoms with Gasteiger partial charge in [0, 0.05) is 35.6 Å². The number of nitrogens with zero attached hydrogens (tertiary/aromatic N) is 2. The molecule has 0 spiro atoms. The van der Waals surface area contributed by atoms with Crippen LogP contribution in [-0.4, -0.2) is 27.5 Å². The number of carbonyl (C=O) groups excluding carboxylic acids is 1. The minimum atomic E-state index is -0.749. The van der Waals surface area contributed by atoms with Crippen LogP contribution in [0.25, 0.3) is 11.1 Å². The maximum Gasteiger partial charge on any atom is 0.225 e. The van der Waals surface area contributed by atoms with Crippen molar-refractivity contribution in [2.24, 2.45) is 0 Å². The largest absolute Gasteiger partial charge is 0.508 e. The molecule has 0 bridgehead atoms. The molecule has 2 aromatic carbocycles. The molecule has 0 saturated heterocycles. The number of hydrogen-bond donors (Lipinski definition) is 3. The maximum atomic E-state index is 14.0. The number of nitrogens with one attached hydrogen (secondary N) is 2. The summed E-state index contributed by atoms with van der Waals surface area (Å²) < 4.78 is 28.0. The van der Waals surface area contributed by atoms with Gasteiger partial charge in [-0.1, -0.05) is 36.4 Å². The second-order valence-electron chi connectivity index (χ2n) is 8.68. The summed E-state index contributed by atoms with van der Waals surface area (Å²) in [6.07, 6.45) is 9.39. The predicted octanol–water partition coefficient (Wildman–Crippen LogP) is 5.91. The van der Waals surface area contributed by atoms with Crippen molar-refractivity contribution < 1.29 is 18.7 Å². The zero-order valence-electron chi connectivity index (χ0n) is 20.3. The van der Waals surface area contributed by atoms with Crippen LogP contribution in [0.4, 0.5) is 8.78 Å². The summed E-state index contributed by atoms with van der Waals surface area (Å²) in [5, 5.41) is 16.6. The van der Waals surface area contributed by atoms with E-state index in [2.05, 4.69) is 27.2 Å². The predicted molar refractivity (Wildman–Crippen MR) is 143 cm³/mol. The number of rotatable bonds is 7. The number of benzene rings is 2. The van der Waals surface area contributed by atoms with Gasteiger partial charge in [0.05, 0.1) is 18.2 Å². The molecule has 194 valence electrons. The van der Waals surface area contributed by atoms with Crippen LogP contribution in [0.5, 0.6) is 0 Å². The Hall–Kier alpha value is -4.30. The standard InChI is InChI=1S/C29H25ClF2N4O2/c1-18-9-25(37)3-2-8-33-15-21(18)13-28(38)36-27(12-19-10-23(31)14-24(32)11-19)29-26(16-34-17-35-29)20-4-6-22(30)7-5-20/h2-7,9-11,14-17,27,33,37H,1,8,12-13H2,(H,36,38)/b3-2-,21-15-,25-9+/t27-/m1/s1. The maximum absolute atomic E-state index is 14.0. The summed E-state index contributed by atoms with van der Waals surface area (Å²) >= 11 is 6.05. The number of aliphatic hydroxyl groups is 1. The van der Waals surface area contributed by atoms with E-state index >= 15 is 0 Å². The van der Waals surface area contributed by atoms with Crippen LogP contribution in [-0.2, 0) is 11.2 Å². The van der Waals surface area contributed by atoms with Crippen molar-refractivity contribution in [3.05, 3.63) is 131 Å². The van der Waals surface area contributed by atoms with Crippen molar-refractivity contribution in [1.82, 2.24) is 20.6 Å². The van der Waals surface area contributed by atoms with Crippen LogP contribution in [0.15, 0.2) is 103 Å². The van der Waals surface area contributed by atoms with Gasteiger partial charge in [0.15, 0.2) is 0 Å². The Morgan fingerprint density at radius 2 is 1.92 bits per heavy atom. The molecule has 0 fully saturated rings. The van der Waals surface area contributed by atoms with Crippen molar-refractivity contribution in [3.63, 3.8) is 0 Å². The summed E-state index contributed by atoms with van der Waals surface area (Å²) in [4.78, 5) is 21.9. The van der Waals surface area contributed by atoms with Crippen LogP contribution in [0, 0.1) is 11.6 Å². The molecule has 4 rings (SSSR count). The van der Waals surface area contributed by atoms with Gasteiger partial charge in [-0.3, -0.25) is 4.79 Å². The third kappa shape index (κ3) is 7.14. The minimum Gasteiger partial charge on any atom is -0.508 e. The van der Waals surface area contributed by atoms with E-state index in [-0.39, 0.29) is 24.5 Å². The van der Waals surface area contributed by atoms with Gasteiger partial charge in [0.1, 0.15) is 23.7 Å². The van der Waals surface area contributed by atoms with E-state index in [1.807, 2.05) is 0 Å². The molecule has 3 aromatic rings. The van der Waals surface area contributed by atoms with E-state index in [1.165, 1.54) is 30.6 Å². The van der Waals surface area contributed by atoms with E-state index in [0.29, 0.717) is 39.5 Å². The zero-order valence-corrected chi connectivity index (χ0v) is 21.1. The topological polar surface area (TPSA) is 87.1 Å². The molecule has 0 saturated carbocycles. The van der Waals surface area contributed by atoms with Gasteiger partial charge in [-0.25, -0.2) is 18.7 Å². The third-order valence-electron chi connectivity index (χ3n) is 5.81. The SMILES string of the molecule is C=C1/C=C(O)\C=C/CN/C=C\1CC(=O)N[C@H](Cc1cc(F)cc(F)c1)c1ncncc1-c1ccc(Cl)cc1. The number of halogens is 3. The number of hydrogen-bond acceptors (Lipinski definition) is 5. The fourth-order valence-electron chi connectivity index (χ4n) is 4.07. The normalized spacial score (nSPS) is 17.9. The number of amides is 1. The minimum absolute atomic E-state index is 0.0182. The van der Waals surface area contributed by atoms with Gasteiger partial charge in [0.25, 0.3) is 0 Å². The van der Waals surface area contributed by atoms with Crippen molar-refractivity contribution in [2.75, 3.05) is 6.54 Å². The molecule has 1 amide bonds. The molecule has 3 N–H and O–H groups in total. The molecule has 1 aliphatic rings. The highest BCUT2D eigenvalue weighted by atomic mass is 35.5. The molecule has 1 aromatic heterocycles. The smallest absolute Gasteiger partial charge is 0.225 e. The molecule has 6 nitrogen and oxygen atoms in total. The third-order valence-corrected chi connectivity index (χ3v) is 6.06. The molecule has 2 heterocycles. The van der Waals surface area contributed by atoms with Gasteiger partial charge in [-0.05, 0) is 65.1 Å². The lowest BCUT2D eigenvalue weighted by Crippen LogP contribution is -2.31. The molecular formula is C29H25ClF2N4O2. The summed E-state index contributed by atoms with van der Waals surface area (Å²) in [5.74, 6) is -1.79. The van der Waals surface area contributed by atoms with Crippen LogP contribution in [0.3, 0.4) is 0 Å². The Kier molecular flexibility index (Phi) is 8.66. The second kappa shape index (κ2) is 12.3. The lowest BCUT2D eigenvalue weighted by Gasteiger charge is -2.22. The fourth-order valence-corrected chi connectivity index (χ4v) is 4.20. The molecule has 1 atom stereocenters. The Balaban J connectivity index is 1.67. The van der Waals surface area contributed by atoms with E-state index in [1.54, 1.807) is 42.7 Å². The van der Waals surface area contributed by atoms with Crippen molar-refractivity contribution in [1.29, 1.82) is 0 Å². The summed E-state index contributed by atoms with van der Waals surface area (Å²) in [5.41, 5.74) is 3.25. The first-order chi connectivity index (χ1) is 18.3. The van der Waals surface area contributed by atoms with E-state index in [0.717, 1.165) is 11.6 Å². The van der Waals surface area contributed by atoms with E-state index < -0.39 is 17.7 Å². The van der Waals surface area contributed by atoms with Gasteiger partial charge in [-0.2, -0.15) is 0 Å². The second-order valence-corrected chi connectivity index (χ2v) is 9.12.